The third-order valence-corrected chi connectivity index (χ3v) is 8.72. The van der Waals surface area contributed by atoms with Gasteiger partial charge in [0.2, 0.25) is 0 Å². The summed E-state index contributed by atoms with van der Waals surface area (Å²) in [5.41, 5.74) is 1.57. The molecule has 178 valence electrons. The molecule has 0 aromatic rings. The van der Waals surface area contributed by atoms with E-state index in [2.05, 4.69) is 13.0 Å². The van der Waals surface area contributed by atoms with Crippen LogP contribution >= 0.6 is 0 Å². The summed E-state index contributed by atoms with van der Waals surface area (Å²) in [5, 5.41) is 7.00. The molecule has 5 heteroatoms. The molecule has 2 saturated carbocycles. The molecule has 2 heterocycles. The number of rotatable bonds is 1. The number of aliphatic hydroxyl groups is 1. The van der Waals surface area contributed by atoms with Gasteiger partial charge < -0.3 is 19.3 Å². The van der Waals surface area contributed by atoms with E-state index < -0.39 is 0 Å². The van der Waals surface area contributed by atoms with Gasteiger partial charge in [-0.2, -0.15) is 0 Å². The van der Waals surface area contributed by atoms with Crippen LogP contribution in [0.4, 0.5) is 0 Å². The Morgan fingerprint density at radius 2 is 1.74 bits per heavy atom. The summed E-state index contributed by atoms with van der Waals surface area (Å²) in [7, 11) is 1.00. The van der Waals surface area contributed by atoms with Gasteiger partial charge in [-0.3, -0.25) is 4.79 Å². The van der Waals surface area contributed by atoms with Crippen LogP contribution in [0.1, 0.15) is 85.5 Å². The molecule has 3 aliphatic carbocycles. The fourth-order valence-corrected chi connectivity index (χ4v) is 7.35. The summed E-state index contributed by atoms with van der Waals surface area (Å²) < 4.78 is 18.7. The van der Waals surface area contributed by atoms with Gasteiger partial charge in [-0.15, -0.1) is 0 Å². The lowest BCUT2D eigenvalue weighted by Crippen LogP contribution is -2.47. The largest absolute Gasteiger partial charge is 0.400 e. The Morgan fingerprint density at radius 1 is 1.03 bits per heavy atom. The highest BCUT2D eigenvalue weighted by Gasteiger charge is 2.55. The summed E-state index contributed by atoms with van der Waals surface area (Å²) in [5.74, 6) is 1.49. The van der Waals surface area contributed by atoms with E-state index in [0.717, 1.165) is 71.9 Å². The predicted molar refractivity (Wildman–Crippen MR) is 122 cm³/mol. The minimum Gasteiger partial charge on any atom is -0.400 e. The van der Waals surface area contributed by atoms with Crippen LogP contribution in [-0.4, -0.2) is 49.2 Å². The number of hydrogen-bond donors (Lipinski definition) is 1. The summed E-state index contributed by atoms with van der Waals surface area (Å²) in [6, 6.07) is 0. The Hall–Kier alpha value is -0.750. The highest BCUT2D eigenvalue weighted by Crippen LogP contribution is 2.60. The van der Waals surface area contributed by atoms with Crippen molar-refractivity contribution < 1.29 is 24.1 Å². The number of carbonyl (C=O) groups excluding carboxylic acids is 1. The van der Waals surface area contributed by atoms with Gasteiger partial charge in [0.05, 0.1) is 25.4 Å². The maximum atomic E-state index is 12.2. The maximum absolute atomic E-state index is 12.2. The number of aliphatic hydroxyl groups excluding tert-OH is 1. The monoisotopic (exact) mass is 436 g/mol. The van der Waals surface area contributed by atoms with Crippen LogP contribution in [0.3, 0.4) is 0 Å². The lowest BCUT2D eigenvalue weighted by Gasteiger charge is -2.44. The zero-order chi connectivity index (χ0) is 22.7. The van der Waals surface area contributed by atoms with Crippen molar-refractivity contribution in [3.05, 3.63) is 11.6 Å². The first-order chi connectivity index (χ1) is 15.0. The number of Topliss-reactive ketones (excluding diaryl/α,β-unsaturated/α-hetero) is 1. The predicted octanol–water partition coefficient (Wildman–Crippen LogP) is 5.06. The number of ketones is 1. The molecule has 4 fully saturated rings. The van der Waals surface area contributed by atoms with Crippen molar-refractivity contribution in [2.45, 2.75) is 96.9 Å². The van der Waals surface area contributed by atoms with E-state index >= 15 is 0 Å². The molecule has 31 heavy (non-hydrogen) atoms. The van der Waals surface area contributed by atoms with Crippen molar-refractivity contribution in [1.82, 2.24) is 0 Å². The molecule has 0 amide bonds. The number of fused-ring (bicyclic) bond motifs is 3. The molecule has 0 bridgehead atoms. The van der Waals surface area contributed by atoms with Crippen LogP contribution in [-0.2, 0) is 19.0 Å². The second-order valence-corrected chi connectivity index (χ2v) is 10.1. The standard InChI is InChI=1S/C23H34O4.C2H6.CH4O/c1-16(24)19-4-5-20-18-7-11-22(27-14-17(18)6-10-21(19,20)2)8-3-9-23(15-22)25-12-13-26-23;2*1-2/h6,18-20H,3-5,7-15H2,1-2H3;1-2H3;2H,1H3. The van der Waals surface area contributed by atoms with Crippen molar-refractivity contribution >= 4 is 5.78 Å². The zero-order valence-corrected chi connectivity index (χ0v) is 20.4. The van der Waals surface area contributed by atoms with Crippen LogP contribution in [0, 0.1) is 23.2 Å². The number of carbonyl (C=O) groups is 1. The van der Waals surface area contributed by atoms with Crippen molar-refractivity contribution in [2.75, 3.05) is 26.9 Å². The fraction of sp³-hybridized carbons (Fsp3) is 0.885. The minimum atomic E-state index is -0.385. The molecule has 2 aliphatic heterocycles. The van der Waals surface area contributed by atoms with E-state index in [1.54, 1.807) is 6.92 Å². The Labute approximate surface area is 188 Å². The highest BCUT2D eigenvalue weighted by molar-refractivity contribution is 5.79. The smallest absolute Gasteiger partial charge is 0.171 e. The summed E-state index contributed by atoms with van der Waals surface area (Å²) in [4.78, 5) is 12.2. The molecule has 2 saturated heterocycles. The van der Waals surface area contributed by atoms with Gasteiger partial charge in [0, 0.05) is 25.9 Å². The zero-order valence-electron chi connectivity index (χ0n) is 20.4. The van der Waals surface area contributed by atoms with Crippen LogP contribution in [0.2, 0.25) is 0 Å². The first-order valence-corrected chi connectivity index (χ1v) is 12.5. The Bertz CT molecular complexity index is 652. The van der Waals surface area contributed by atoms with Gasteiger partial charge in [-0.1, -0.05) is 26.8 Å². The van der Waals surface area contributed by atoms with Crippen LogP contribution in [0.25, 0.3) is 0 Å². The molecule has 5 unspecified atom stereocenters. The molecular formula is C26H44O5. The molecule has 5 atom stereocenters. The van der Waals surface area contributed by atoms with Crippen molar-refractivity contribution in [1.29, 1.82) is 0 Å². The van der Waals surface area contributed by atoms with Crippen LogP contribution in [0.5, 0.6) is 0 Å². The number of ether oxygens (including phenoxy) is 3. The van der Waals surface area contributed by atoms with Gasteiger partial charge in [0.25, 0.3) is 0 Å². The lowest BCUT2D eigenvalue weighted by molar-refractivity contribution is -0.227. The second-order valence-electron chi connectivity index (χ2n) is 10.1. The fourth-order valence-electron chi connectivity index (χ4n) is 7.35. The third-order valence-electron chi connectivity index (χ3n) is 8.72. The van der Waals surface area contributed by atoms with E-state index in [1.165, 1.54) is 18.4 Å². The molecule has 5 rings (SSSR count). The molecule has 5 nitrogen and oxygen atoms in total. The molecular weight excluding hydrogens is 392 g/mol. The first kappa shape index (κ1) is 24.9. The van der Waals surface area contributed by atoms with Gasteiger partial charge in [-0.05, 0) is 74.7 Å². The Balaban J connectivity index is 0.000000645. The summed E-state index contributed by atoms with van der Waals surface area (Å²) in [6.45, 7) is 10.4. The van der Waals surface area contributed by atoms with Gasteiger partial charge in [0.15, 0.2) is 5.79 Å². The molecule has 0 radical (unpaired) electrons. The Morgan fingerprint density at radius 3 is 2.42 bits per heavy atom. The minimum absolute atomic E-state index is 0.0875. The molecule has 1 N–H and O–H groups in total. The van der Waals surface area contributed by atoms with E-state index in [-0.39, 0.29) is 22.7 Å². The molecule has 0 aromatic heterocycles. The average Bonchev–Trinajstić information content (AvgIpc) is 3.33. The van der Waals surface area contributed by atoms with E-state index in [9.17, 15) is 4.79 Å². The second kappa shape index (κ2) is 10.0. The van der Waals surface area contributed by atoms with E-state index in [1.807, 2.05) is 13.8 Å². The maximum Gasteiger partial charge on any atom is 0.171 e. The van der Waals surface area contributed by atoms with Crippen molar-refractivity contribution in [3.8, 4) is 0 Å². The molecule has 0 aromatic carbocycles. The van der Waals surface area contributed by atoms with Crippen LogP contribution < -0.4 is 0 Å². The van der Waals surface area contributed by atoms with Gasteiger partial charge >= 0.3 is 0 Å². The number of hydrogen-bond acceptors (Lipinski definition) is 5. The van der Waals surface area contributed by atoms with Crippen molar-refractivity contribution in [2.24, 2.45) is 23.2 Å². The first-order valence-electron chi connectivity index (χ1n) is 12.5. The SMILES string of the molecule is CC.CC(=O)C1CCC2C3CCC4(CCCC5(C4)OCCO5)OCC3=CCC12C.CO. The third kappa shape index (κ3) is 4.53. The lowest BCUT2D eigenvalue weighted by atomic mass is 9.60. The van der Waals surface area contributed by atoms with E-state index in [4.69, 9.17) is 19.3 Å². The highest BCUT2D eigenvalue weighted by atomic mass is 16.7. The van der Waals surface area contributed by atoms with Crippen molar-refractivity contribution in [3.63, 3.8) is 0 Å². The summed E-state index contributed by atoms with van der Waals surface area (Å²) in [6.07, 6.45) is 12.2. The summed E-state index contributed by atoms with van der Waals surface area (Å²) >= 11 is 0. The molecule has 2 spiro atoms. The quantitative estimate of drug-likeness (QED) is 0.582. The topological polar surface area (TPSA) is 65.0 Å². The van der Waals surface area contributed by atoms with Gasteiger partial charge in [-0.25, -0.2) is 0 Å². The average molecular weight is 437 g/mol. The normalized spacial score (nSPS) is 40.5. The molecule has 5 aliphatic rings. The van der Waals surface area contributed by atoms with E-state index in [0.29, 0.717) is 17.6 Å². The Kier molecular flexibility index (Phi) is 8.05. The number of allylic oxidation sites excluding steroid dienone is 1. The van der Waals surface area contributed by atoms with Crippen LogP contribution in [0.15, 0.2) is 11.6 Å². The van der Waals surface area contributed by atoms with Gasteiger partial charge in [0.1, 0.15) is 5.78 Å².